The zero-order valence-corrected chi connectivity index (χ0v) is 7.81. The van der Waals surface area contributed by atoms with Crippen molar-refractivity contribution in [1.29, 1.82) is 0 Å². The third-order valence-corrected chi connectivity index (χ3v) is 2.72. The van der Waals surface area contributed by atoms with Crippen LogP contribution in [-0.2, 0) is 9.53 Å². The van der Waals surface area contributed by atoms with E-state index in [2.05, 4.69) is 5.32 Å². The van der Waals surface area contributed by atoms with Crippen molar-refractivity contribution in [3.05, 3.63) is 0 Å². The summed E-state index contributed by atoms with van der Waals surface area (Å²) in [4.78, 5) is 11.1. The molecule has 0 radical (unpaired) electrons. The highest BCUT2D eigenvalue weighted by Crippen LogP contribution is 2.27. The molecule has 0 aromatic rings. The fourth-order valence-corrected chi connectivity index (χ4v) is 1.35. The minimum absolute atomic E-state index is 0.392. The smallest absolute Gasteiger partial charge is 0.251 e. The molecule has 0 aromatic heterocycles. The summed E-state index contributed by atoms with van der Waals surface area (Å²) in [5, 5.41) is 3.20. The average Bonchev–Trinajstić information content (AvgIpc) is 1.95. The molecule has 0 spiro atoms. The number of ether oxygens (including phenoxy) is 1. The summed E-state index contributed by atoms with van der Waals surface area (Å²) in [5.41, 5.74) is 3.98. The van der Waals surface area contributed by atoms with E-state index < -0.39 is 17.0 Å². The Morgan fingerprint density at radius 3 is 2.42 bits per heavy atom. The van der Waals surface area contributed by atoms with Crippen LogP contribution in [-0.4, -0.2) is 30.2 Å². The first kappa shape index (κ1) is 9.48. The van der Waals surface area contributed by atoms with Gasteiger partial charge in [0.1, 0.15) is 0 Å². The number of nitrogens with two attached hydrogens (primary N) is 1. The molecule has 1 fully saturated rings. The van der Waals surface area contributed by atoms with Crippen LogP contribution in [0, 0.1) is 0 Å². The summed E-state index contributed by atoms with van der Waals surface area (Å²) in [6.45, 7) is 6.84. The van der Waals surface area contributed by atoms with Crippen LogP contribution >= 0.6 is 0 Å². The Labute approximate surface area is 72.5 Å². The Morgan fingerprint density at radius 1 is 1.50 bits per heavy atom. The van der Waals surface area contributed by atoms with E-state index >= 15 is 0 Å². The van der Waals surface area contributed by atoms with Crippen LogP contribution in [0.3, 0.4) is 0 Å². The van der Waals surface area contributed by atoms with E-state index in [0.29, 0.717) is 6.61 Å². The molecule has 1 amide bonds. The van der Waals surface area contributed by atoms with Crippen molar-refractivity contribution in [2.75, 3.05) is 13.2 Å². The number of amides is 1. The Balaban J connectivity index is 2.91. The molecule has 4 heteroatoms. The zero-order valence-electron chi connectivity index (χ0n) is 7.81. The van der Waals surface area contributed by atoms with Crippen molar-refractivity contribution >= 4 is 5.91 Å². The standard InChI is InChI=1S/C8H16N2O2/c1-7(2)8(3,6(9)11)12-5-4-10-7/h10H,4-5H2,1-3H3,(H2,9,11). The summed E-state index contributed by atoms with van der Waals surface area (Å²) in [6, 6.07) is 0. The molecule has 1 rings (SSSR count). The van der Waals surface area contributed by atoms with Crippen molar-refractivity contribution in [2.24, 2.45) is 5.73 Å². The van der Waals surface area contributed by atoms with E-state index in [-0.39, 0.29) is 0 Å². The normalized spacial score (nSPS) is 34.6. The molecule has 70 valence electrons. The van der Waals surface area contributed by atoms with Crippen LogP contribution in [0.1, 0.15) is 20.8 Å². The van der Waals surface area contributed by atoms with Crippen molar-refractivity contribution in [3.8, 4) is 0 Å². The van der Waals surface area contributed by atoms with Gasteiger partial charge in [0.2, 0.25) is 0 Å². The minimum atomic E-state index is -0.898. The first-order chi connectivity index (χ1) is 5.40. The minimum Gasteiger partial charge on any atom is -0.367 e. The molecule has 12 heavy (non-hydrogen) atoms. The first-order valence-electron chi connectivity index (χ1n) is 4.09. The van der Waals surface area contributed by atoms with Gasteiger partial charge in [-0.15, -0.1) is 0 Å². The fraction of sp³-hybridized carbons (Fsp3) is 0.875. The maximum Gasteiger partial charge on any atom is 0.251 e. The van der Waals surface area contributed by atoms with Gasteiger partial charge in [0.15, 0.2) is 5.60 Å². The van der Waals surface area contributed by atoms with Gasteiger partial charge in [-0.3, -0.25) is 4.79 Å². The van der Waals surface area contributed by atoms with Gasteiger partial charge in [0, 0.05) is 6.54 Å². The molecule has 1 aliphatic heterocycles. The molecule has 0 aromatic carbocycles. The highest BCUT2D eigenvalue weighted by molar-refractivity contribution is 5.84. The van der Waals surface area contributed by atoms with Crippen LogP contribution in [0.5, 0.6) is 0 Å². The SMILES string of the molecule is CC1(C)NCCOC1(C)C(N)=O. The van der Waals surface area contributed by atoms with Crippen LogP contribution in [0.2, 0.25) is 0 Å². The largest absolute Gasteiger partial charge is 0.367 e. The van der Waals surface area contributed by atoms with E-state index in [4.69, 9.17) is 10.5 Å². The number of morpholine rings is 1. The predicted molar refractivity (Wildman–Crippen MR) is 45.6 cm³/mol. The summed E-state index contributed by atoms with van der Waals surface area (Å²) >= 11 is 0. The Hall–Kier alpha value is -0.610. The van der Waals surface area contributed by atoms with Crippen molar-refractivity contribution in [2.45, 2.75) is 31.9 Å². The lowest BCUT2D eigenvalue weighted by atomic mass is 9.82. The lowest BCUT2D eigenvalue weighted by Crippen LogP contribution is -2.68. The van der Waals surface area contributed by atoms with Crippen molar-refractivity contribution < 1.29 is 9.53 Å². The van der Waals surface area contributed by atoms with E-state index in [0.717, 1.165) is 6.54 Å². The Kier molecular flexibility index (Phi) is 2.14. The van der Waals surface area contributed by atoms with E-state index in [1.54, 1.807) is 6.92 Å². The summed E-state index contributed by atoms with van der Waals surface area (Å²) < 4.78 is 5.41. The maximum absolute atomic E-state index is 11.1. The molecular weight excluding hydrogens is 156 g/mol. The van der Waals surface area contributed by atoms with Gasteiger partial charge in [-0.1, -0.05) is 0 Å². The highest BCUT2D eigenvalue weighted by Gasteiger charge is 2.49. The number of carbonyl (C=O) groups is 1. The molecule has 0 aliphatic carbocycles. The topological polar surface area (TPSA) is 64.3 Å². The van der Waals surface area contributed by atoms with Crippen LogP contribution < -0.4 is 11.1 Å². The molecule has 1 saturated heterocycles. The average molecular weight is 172 g/mol. The van der Waals surface area contributed by atoms with Gasteiger partial charge in [0.05, 0.1) is 12.1 Å². The second-order valence-electron chi connectivity index (χ2n) is 3.80. The molecule has 3 N–H and O–H groups in total. The Morgan fingerprint density at radius 2 is 2.08 bits per heavy atom. The summed E-state index contributed by atoms with van der Waals surface area (Å²) in [6.07, 6.45) is 0. The maximum atomic E-state index is 11.1. The monoisotopic (exact) mass is 172 g/mol. The molecule has 0 bridgehead atoms. The number of rotatable bonds is 1. The number of primary amides is 1. The third-order valence-electron chi connectivity index (χ3n) is 2.72. The molecule has 4 nitrogen and oxygen atoms in total. The van der Waals surface area contributed by atoms with Gasteiger partial charge in [-0.25, -0.2) is 0 Å². The van der Waals surface area contributed by atoms with Gasteiger partial charge in [-0.05, 0) is 20.8 Å². The zero-order chi connectivity index (χ0) is 9.41. The van der Waals surface area contributed by atoms with Gasteiger partial charge >= 0.3 is 0 Å². The number of hydrogen-bond donors (Lipinski definition) is 2. The molecule has 1 atom stereocenters. The van der Waals surface area contributed by atoms with E-state index in [9.17, 15) is 4.79 Å². The lowest BCUT2D eigenvalue weighted by molar-refractivity contribution is -0.160. The molecule has 1 unspecified atom stereocenters. The van der Waals surface area contributed by atoms with E-state index in [1.807, 2.05) is 13.8 Å². The van der Waals surface area contributed by atoms with Gasteiger partial charge in [-0.2, -0.15) is 0 Å². The van der Waals surface area contributed by atoms with E-state index in [1.165, 1.54) is 0 Å². The number of nitrogens with one attached hydrogen (secondary N) is 1. The highest BCUT2D eigenvalue weighted by atomic mass is 16.5. The van der Waals surface area contributed by atoms with Crippen LogP contribution in [0.15, 0.2) is 0 Å². The second kappa shape index (κ2) is 2.71. The lowest BCUT2D eigenvalue weighted by Gasteiger charge is -2.45. The number of hydrogen-bond acceptors (Lipinski definition) is 3. The fourth-order valence-electron chi connectivity index (χ4n) is 1.35. The predicted octanol–water partition coefficient (Wildman–Crippen LogP) is -0.371. The van der Waals surface area contributed by atoms with Crippen LogP contribution in [0.25, 0.3) is 0 Å². The Bertz CT molecular complexity index is 203. The molecule has 1 aliphatic rings. The number of carbonyl (C=O) groups excluding carboxylic acids is 1. The molecule has 1 heterocycles. The van der Waals surface area contributed by atoms with Crippen LogP contribution in [0.4, 0.5) is 0 Å². The summed E-state index contributed by atoms with van der Waals surface area (Å²) in [5.74, 6) is -0.417. The summed E-state index contributed by atoms with van der Waals surface area (Å²) in [7, 11) is 0. The molecular formula is C8H16N2O2. The third kappa shape index (κ3) is 1.21. The second-order valence-corrected chi connectivity index (χ2v) is 3.80. The van der Waals surface area contributed by atoms with Gasteiger partial charge < -0.3 is 15.8 Å². The molecule has 0 saturated carbocycles. The quantitative estimate of drug-likeness (QED) is 0.567. The van der Waals surface area contributed by atoms with Crippen molar-refractivity contribution in [3.63, 3.8) is 0 Å². The van der Waals surface area contributed by atoms with Crippen molar-refractivity contribution in [1.82, 2.24) is 5.32 Å². The first-order valence-corrected chi connectivity index (χ1v) is 4.09. The van der Waals surface area contributed by atoms with Gasteiger partial charge in [0.25, 0.3) is 5.91 Å².